The molecule has 8 aromatic carbocycles. The lowest BCUT2D eigenvalue weighted by Gasteiger charge is -2.24. The Labute approximate surface area is 650 Å². The lowest BCUT2D eigenvalue weighted by atomic mass is 9.85. The number of hydrogen-bond donors (Lipinski definition) is 7. The molecule has 594 valence electrons. The molecule has 1 atom stereocenters. The number of anilines is 3. The van der Waals surface area contributed by atoms with Crippen molar-refractivity contribution in [1.82, 2.24) is 30.5 Å². The van der Waals surface area contributed by atoms with Crippen LogP contribution < -0.4 is 46.1 Å². The van der Waals surface area contributed by atoms with Crippen molar-refractivity contribution in [1.29, 1.82) is 0 Å². The Bertz CT molecular complexity index is 3890. The maximum absolute atomic E-state index is 12.5. The smallest absolute Gasteiger partial charge is 0.319 e. The number of methoxy groups -OCH3 is 1. The van der Waals surface area contributed by atoms with Gasteiger partial charge in [-0.15, -0.1) is 0 Å². The number of para-hydroxylation sites is 6. The molecule has 1 unspecified atom stereocenters. The van der Waals surface area contributed by atoms with Gasteiger partial charge in [-0.1, -0.05) is 162 Å². The van der Waals surface area contributed by atoms with Gasteiger partial charge in [0.1, 0.15) is 28.8 Å². The highest BCUT2D eigenvalue weighted by atomic mass is 32.2. The molecule has 1 aromatic heterocycles. The van der Waals surface area contributed by atoms with Gasteiger partial charge < -0.3 is 46.1 Å². The molecule has 0 spiro atoms. The number of amides is 6. The van der Waals surface area contributed by atoms with Crippen LogP contribution in [0.2, 0.25) is 0 Å². The predicted octanol–water partition coefficient (Wildman–Crippen LogP) is 19.8. The summed E-state index contributed by atoms with van der Waals surface area (Å²) in [6.07, 6.45) is 14.1. The molecule has 9 aromatic rings. The van der Waals surface area contributed by atoms with E-state index in [9.17, 15) is 37.0 Å². The first-order valence-corrected chi connectivity index (χ1v) is 36.1. The van der Waals surface area contributed by atoms with Crippen molar-refractivity contribution in [2.75, 3.05) is 42.9 Å². The minimum absolute atomic E-state index is 0. The average Bonchev–Trinajstić information content (AvgIpc) is 1.77. The molecule has 4 saturated carbocycles. The number of ether oxygens (including phenoxy) is 3. The van der Waals surface area contributed by atoms with E-state index < -0.39 is 9.71 Å². The fraction of sp³-hybridized carbons (Fsp3) is 0.352. The van der Waals surface area contributed by atoms with Crippen molar-refractivity contribution in [2.45, 2.75) is 167 Å². The van der Waals surface area contributed by atoms with Crippen molar-refractivity contribution in [2.24, 2.45) is 17.8 Å². The van der Waals surface area contributed by atoms with Crippen LogP contribution in [0.3, 0.4) is 0 Å². The number of hydrogen-bond acceptors (Lipinski definition) is 10. The molecular weight excluding hydrogens is 1400 g/mol. The topological polar surface area (TPSA) is 232 Å². The van der Waals surface area contributed by atoms with E-state index in [1.165, 1.54) is 67.8 Å². The molecule has 2 heterocycles. The minimum Gasteiger partial charge on any atom is -0.494 e. The van der Waals surface area contributed by atoms with Crippen LogP contribution in [-0.4, -0.2) is 101 Å². The van der Waals surface area contributed by atoms with Gasteiger partial charge in [-0.3, -0.25) is 19.2 Å². The van der Waals surface area contributed by atoms with E-state index in [1.807, 2.05) is 216 Å². The van der Waals surface area contributed by atoms with E-state index >= 15 is 0 Å². The van der Waals surface area contributed by atoms with Gasteiger partial charge in [0, 0.05) is 75.6 Å². The second kappa shape index (κ2) is 53.3. The zero-order chi connectivity index (χ0) is 72.9. The quantitative estimate of drug-likeness (QED) is 0.0402. The van der Waals surface area contributed by atoms with E-state index in [1.54, 1.807) is 18.0 Å². The lowest BCUT2D eigenvalue weighted by molar-refractivity contribution is -0.133. The Kier molecular flexibility index (Phi) is 48.2. The van der Waals surface area contributed by atoms with Crippen LogP contribution in [0.4, 0.5) is 30.6 Å². The monoisotopic (exact) mass is 1520 g/mol. The molecule has 1 aliphatic heterocycles. The van der Waals surface area contributed by atoms with Crippen LogP contribution in [0.15, 0.2) is 248 Å². The molecule has 0 bridgehead atoms. The maximum atomic E-state index is 12.5. The number of benzene rings is 8. The van der Waals surface area contributed by atoms with Crippen LogP contribution in [0.5, 0.6) is 11.5 Å². The molecule has 1 saturated heterocycles. The highest BCUT2D eigenvalue weighted by molar-refractivity contribution is 7.98. The number of nitrogens with zero attached hydrogens (tertiary/aromatic N) is 2. The zero-order valence-corrected chi connectivity index (χ0v) is 59.4. The van der Waals surface area contributed by atoms with Crippen LogP contribution in [0, 0.1) is 29.4 Å². The summed E-state index contributed by atoms with van der Waals surface area (Å²) >= 11 is 0. The average molecular weight is 1520 g/mol. The van der Waals surface area contributed by atoms with Gasteiger partial charge in [0.05, 0.1) is 42.6 Å². The SMILES string of the molecule is C.C.C.C.C.C.C.C=S(=O)(NC1CC1)c1ccccc1.CC(C)NC(=O)c1ccc(F)cc1.CC(C)NC(=O)c1ccc(F)cc1.COc1ccccc1-n1cccn1.O=C(Nc1ccccc1)C1CCC1.O=C(Nc1ccccc1)C1COC1.O=C(Nc1ccccc1)NC1CC1.c1ccc(OCC2CC2)cc1. The Morgan fingerprint density at radius 2 is 0.927 bits per heavy atom. The second-order valence-electron chi connectivity index (χ2n) is 25.2. The number of nitrogens with one attached hydrogen (secondary N) is 7. The molecule has 5 aliphatic rings. The summed E-state index contributed by atoms with van der Waals surface area (Å²) < 4.78 is 57.5. The molecule has 21 heteroatoms. The number of aromatic nitrogens is 2. The number of halogens is 2. The van der Waals surface area contributed by atoms with Crippen LogP contribution in [0.25, 0.3) is 5.69 Å². The Balaban J connectivity index is 0.00000121. The molecule has 14 rings (SSSR count). The normalized spacial score (nSPS) is 13.4. The van der Waals surface area contributed by atoms with Crippen LogP contribution >= 0.6 is 0 Å². The van der Waals surface area contributed by atoms with Gasteiger partial charge >= 0.3 is 6.03 Å². The molecule has 6 amide bonds. The number of urea groups is 1. The summed E-state index contributed by atoms with van der Waals surface area (Å²) in [5.74, 6) is 5.93. The summed E-state index contributed by atoms with van der Waals surface area (Å²) in [6, 6.07) is 69.4. The summed E-state index contributed by atoms with van der Waals surface area (Å²) in [5, 5.41) is 20.9. The predicted molar refractivity (Wildman–Crippen MR) is 449 cm³/mol. The second-order valence-corrected chi connectivity index (χ2v) is 27.2. The highest BCUT2D eigenvalue weighted by Gasteiger charge is 2.28. The number of rotatable bonds is 18. The lowest BCUT2D eigenvalue weighted by Crippen LogP contribution is -2.38. The molecule has 5 fully saturated rings. The Morgan fingerprint density at radius 3 is 1.30 bits per heavy atom. The summed E-state index contributed by atoms with van der Waals surface area (Å²) in [6.45, 7) is 9.52. The molecule has 7 N–H and O–H groups in total. The number of carbonyl (C=O) groups is 5. The summed E-state index contributed by atoms with van der Waals surface area (Å²) in [7, 11) is -0.592. The third-order valence-electron chi connectivity index (χ3n) is 15.4. The summed E-state index contributed by atoms with van der Waals surface area (Å²) in [4.78, 5) is 57.6. The van der Waals surface area contributed by atoms with E-state index in [-0.39, 0.29) is 117 Å². The zero-order valence-electron chi connectivity index (χ0n) is 58.6. The van der Waals surface area contributed by atoms with Gasteiger partial charge in [0.2, 0.25) is 11.8 Å². The molecular formula is C88H123F2N9O9S. The third-order valence-corrected chi connectivity index (χ3v) is 17.1. The number of carbonyl (C=O) groups excluding carboxylic acids is 5. The van der Waals surface area contributed by atoms with E-state index in [0.717, 1.165) is 90.2 Å². The fourth-order valence-corrected chi connectivity index (χ4v) is 10.5. The van der Waals surface area contributed by atoms with Crippen molar-refractivity contribution in [3.8, 4) is 17.2 Å². The first-order valence-electron chi connectivity index (χ1n) is 34.4. The molecule has 0 radical (unpaired) electrons. The molecule has 18 nitrogen and oxygen atoms in total. The Hall–Kier alpha value is -10.5. The largest absolute Gasteiger partial charge is 0.494 e. The van der Waals surface area contributed by atoms with Crippen molar-refractivity contribution in [3.05, 3.63) is 266 Å². The maximum Gasteiger partial charge on any atom is 0.319 e. The minimum atomic E-state index is -2.25. The summed E-state index contributed by atoms with van der Waals surface area (Å²) in [5.41, 5.74) is 4.50. The van der Waals surface area contributed by atoms with Gasteiger partial charge in [-0.2, -0.15) is 5.10 Å². The standard InChI is InChI=1S/C11H13NO.2C10H12FNO.C10H10N2O.C10H12N2O.C10H11NO2.C10H13NOS.C10H12O.7CH4/c13-11(9-5-4-6-9)12-10-7-2-1-3-8-10;2*1-7(2)12-10(13)8-3-5-9(11)6-4-8;1-13-10-6-3-2-5-9(10)12-8-4-7-11-12;13-10(12-9-6-7-9)11-8-4-2-1-3-5-8;12-10(8-6-13-7-8)11-9-4-2-1-3-5-9;1-13(12,11-9-7-8-9)10-5-3-2-4-6-10;1-2-4-10(5-3-1)11-8-9-6-7-9;;;;;;;/h1-3,7-9H,4-6H2,(H,12,13);2*3-7H,1-2H3,(H,12,13);2-8H,1H3;1-5,9H,6-7H2,(H2,11,12,13);1-5,8H,6-7H2,(H,11,12);2-6,9H,1,7-8H2,(H,11,12);1-5,9H,6-8H2;7*1H4. The highest BCUT2D eigenvalue weighted by Crippen LogP contribution is 2.30. The molecule has 4 aliphatic carbocycles. The van der Waals surface area contributed by atoms with Gasteiger partial charge in [-0.05, 0) is 218 Å². The van der Waals surface area contributed by atoms with Crippen LogP contribution in [0.1, 0.15) is 158 Å². The van der Waals surface area contributed by atoms with Gasteiger partial charge in [0.25, 0.3) is 11.8 Å². The van der Waals surface area contributed by atoms with Crippen LogP contribution in [-0.2, 0) is 24.0 Å². The van der Waals surface area contributed by atoms with Crippen molar-refractivity contribution in [3.63, 3.8) is 0 Å². The van der Waals surface area contributed by atoms with E-state index in [2.05, 4.69) is 47.6 Å². The fourth-order valence-electron chi connectivity index (χ4n) is 9.01. The Morgan fingerprint density at radius 1 is 0.514 bits per heavy atom. The van der Waals surface area contributed by atoms with E-state index in [0.29, 0.717) is 36.4 Å². The van der Waals surface area contributed by atoms with Gasteiger partial charge in [0.15, 0.2) is 0 Å². The van der Waals surface area contributed by atoms with Crippen molar-refractivity contribution >= 4 is 62.3 Å². The first-order chi connectivity index (χ1) is 49.3. The third kappa shape index (κ3) is 39.3. The molecule has 109 heavy (non-hydrogen) atoms. The van der Waals surface area contributed by atoms with Gasteiger partial charge in [-0.25, -0.2) is 27.2 Å². The van der Waals surface area contributed by atoms with E-state index in [4.69, 9.17) is 14.2 Å². The first kappa shape index (κ1) is 98.5. The van der Waals surface area contributed by atoms with Crippen molar-refractivity contribution < 1.29 is 51.2 Å².